The third kappa shape index (κ3) is 5.37. The van der Waals surface area contributed by atoms with E-state index in [9.17, 15) is 9.59 Å². The quantitative estimate of drug-likeness (QED) is 0.705. The van der Waals surface area contributed by atoms with Crippen molar-refractivity contribution in [3.63, 3.8) is 0 Å². The lowest BCUT2D eigenvalue weighted by Crippen LogP contribution is -2.20. The number of hydrogen-bond donors (Lipinski definition) is 2. The summed E-state index contributed by atoms with van der Waals surface area (Å²) in [6.45, 7) is 0.140. The number of hydrogen-bond acceptors (Lipinski definition) is 4. The number of carbonyl (C=O) groups excluding carboxylic acids is 1. The molecule has 0 unspecified atom stereocenters. The molecule has 7 heteroatoms. The van der Waals surface area contributed by atoms with E-state index in [4.69, 9.17) is 26.2 Å². The minimum Gasteiger partial charge on any atom is -0.491 e. The first-order valence-electron chi connectivity index (χ1n) is 8.69. The Morgan fingerprint density at radius 1 is 1.15 bits per heavy atom. The number of amides is 1. The number of nitrogens with one attached hydrogen (secondary N) is 1. The average Bonchev–Trinajstić information content (AvgIpc) is 2.60. The van der Waals surface area contributed by atoms with Crippen LogP contribution in [0, 0.1) is 5.92 Å². The van der Waals surface area contributed by atoms with E-state index in [0.717, 1.165) is 0 Å². The Morgan fingerprint density at radius 3 is 2.67 bits per heavy atom. The number of carboxylic acids is 1. The van der Waals surface area contributed by atoms with Gasteiger partial charge in [0, 0.05) is 10.6 Å². The van der Waals surface area contributed by atoms with Gasteiger partial charge in [0.15, 0.2) is 6.61 Å². The zero-order chi connectivity index (χ0) is 19.2. The fourth-order valence-electron chi connectivity index (χ4n) is 2.66. The van der Waals surface area contributed by atoms with Crippen molar-refractivity contribution in [1.82, 2.24) is 0 Å². The van der Waals surface area contributed by atoms with E-state index in [0.29, 0.717) is 40.3 Å². The van der Waals surface area contributed by atoms with E-state index in [2.05, 4.69) is 5.32 Å². The molecule has 1 aliphatic carbocycles. The molecule has 0 spiro atoms. The summed E-state index contributed by atoms with van der Waals surface area (Å²) in [6.07, 6.45) is 3.56. The highest BCUT2D eigenvalue weighted by Crippen LogP contribution is 2.32. The Labute approximate surface area is 162 Å². The maximum absolute atomic E-state index is 12.6. The van der Waals surface area contributed by atoms with Crippen LogP contribution in [0.15, 0.2) is 42.5 Å². The molecule has 0 aliphatic heterocycles. The zero-order valence-corrected chi connectivity index (χ0v) is 15.4. The van der Waals surface area contributed by atoms with Crippen molar-refractivity contribution in [2.45, 2.75) is 19.3 Å². The Bertz CT molecular complexity index is 835. The summed E-state index contributed by atoms with van der Waals surface area (Å²) >= 11 is 6.06. The molecule has 1 aliphatic rings. The van der Waals surface area contributed by atoms with Crippen LogP contribution in [0.25, 0.3) is 0 Å². The molecule has 2 aromatic rings. The van der Waals surface area contributed by atoms with Gasteiger partial charge >= 0.3 is 5.97 Å². The number of ether oxygens (including phenoxy) is 2. The summed E-state index contributed by atoms with van der Waals surface area (Å²) in [5.74, 6) is -0.0219. The summed E-state index contributed by atoms with van der Waals surface area (Å²) in [5, 5.41) is 12.0. The predicted molar refractivity (Wildman–Crippen MR) is 102 cm³/mol. The number of carbonyl (C=O) groups is 2. The van der Waals surface area contributed by atoms with Gasteiger partial charge in [-0.3, -0.25) is 4.79 Å². The molecule has 0 radical (unpaired) electrons. The smallest absolute Gasteiger partial charge is 0.341 e. The summed E-state index contributed by atoms with van der Waals surface area (Å²) in [4.78, 5) is 23.2. The molecule has 0 heterocycles. The van der Waals surface area contributed by atoms with Gasteiger partial charge in [0.05, 0.1) is 12.3 Å². The number of benzene rings is 2. The molecule has 142 valence electrons. The van der Waals surface area contributed by atoms with E-state index in [1.807, 2.05) is 0 Å². The second kappa shape index (κ2) is 8.77. The van der Waals surface area contributed by atoms with Crippen molar-refractivity contribution in [2.75, 3.05) is 18.5 Å². The highest BCUT2D eigenvalue weighted by molar-refractivity contribution is 6.31. The number of rotatable bonds is 8. The van der Waals surface area contributed by atoms with Crippen LogP contribution in [0.5, 0.6) is 11.5 Å². The number of halogens is 1. The molecule has 2 aromatic carbocycles. The lowest BCUT2D eigenvalue weighted by atomic mass is 9.86. The molecule has 0 saturated heterocycles. The van der Waals surface area contributed by atoms with Gasteiger partial charge in [-0.2, -0.15) is 0 Å². The average molecular weight is 390 g/mol. The predicted octanol–water partition coefficient (Wildman–Crippen LogP) is 4.23. The summed E-state index contributed by atoms with van der Waals surface area (Å²) < 4.78 is 11.0. The monoisotopic (exact) mass is 389 g/mol. The Kier molecular flexibility index (Phi) is 6.19. The molecule has 2 N–H and O–H groups in total. The van der Waals surface area contributed by atoms with Crippen LogP contribution >= 0.6 is 11.6 Å². The van der Waals surface area contributed by atoms with Crippen LogP contribution in [-0.2, 0) is 4.79 Å². The minimum absolute atomic E-state index is 0.303. The van der Waals surface area contributed by atoms with E-state index in [1.54, 1.807) is 36.4 Å². The second-order valence-electron chi connectivity index (χ2n) is 6.41. The van der Waals surface area contributed by atoms with Gasteiger partial charge < -0.3 is 19.9 Å². The van der Waals surface area contributed by atoms with Crippen LogP contribution in [-0.4, -0.2) is 30.2 Å². The summed E-state index contributed by atoms with van der Waals surface area (Å²) in [5.41, 5.74) is 0.825. The molecule has 3 rings (SSSR count). The van der Waals surface area contributed by atoms with Gasteiger partial charge in [-0.15, -0.1) is 0 Å². The normalized spacial score (nSPS) is 13.5. The SMILES string of the molecule is O=C(O)COc1cccc(C(=O)Nc2cc(Cl)ccc2OCC2CCC2)c1. The van der Waals surface area contributed by atoms with Crippen LogP contribution in [0.3, 0.4) is 0 Å². The molecule has 1 amide bonds. The topological polar surface area (TPSA) is 84.9 Å². The fourth-order valence-corrected chi connectivity index (χ4v) is 2.83. The first-order chi connectivity index (χ1) is 13.0. The van der Waals surface area contributed by atoms with Crippen molar-refractivity contribution in [1.29, 1.82) is 0 Å². The molecule has 0 aromatic heterocycles. The van der Waals surface area contributed by atoms with Crippen molar-refractivity contribution in [3.8, 4) is 11.5 Å². The lowest BCUT2D eigenvalue weighted by Gasteiger charge is -2.25. The van der Waals surface area contributed by atoms with Gasteiger partial charge in [0.2, 0.25) is 0 Å². The van der Waals surface area contributed by atoms with Crippen molar-refractivity contribution in [2.24, 2.45) is 5.92 Å². The summed E-state index contributed by atoms with van der Waals surface area (Å²) in [6, 6.07) is 11.4. The largest absolute Gasteiger partial charge is 0.491 e. The first kappa shape index (κ1) is 19.0. The molecule has 1 fully saturated rings. The van der Waals surface area contributed by atoms with Crippen molar-refractivity contribution >= 4 is 29.2 Å². The molecule has 0 atom stereocenters. The van der Waals surface area contributed by atoms with Crippen LogP contribution < -0.4 is 14.8 Å². The maximum Gasteiger partial charge on any atom is 0.341 e. The molecule has 27 heavy (non-hydrogen) atoms. The van der Waals surface area contributed by atoms with Gasteiger partial charge in [0.1, 0.15) is 11.5 Å². The van der Waals surface area contributed by atoms with Gasteiger partial charge in [-0.05, 0) is 55.2 Å². The third-order valence-corrected chi connectivity index (χ3v) is 4.58. The van der Waals surface area contributed by atoms with Crippen LogP contribution in [0.4, 0.5) is 5.69 Å². The molecular weight excluding hydrogens is 370 g/mol. The molecular formula is C20H20ClNO5. The van der Waals surface area contributed by atoms with Crippen molar-refractivity contribution in [3.05, 3.63) is 53.1 Å². The maximum atomic E-state index is 12.6. The van der Waals surface area contributed by atoms with Gasteiger partial charge in [0.25, 0.3) is 5.91 Å². The summed E-state index contributed by atoms with van der Waals surface area (Å²) in [7, 11) is 0. The Balaban J connectivity index is 1.70. The first-order valence-corrected chi connectivity index (χ1v) is 9.07. The van der Waals surface area contributed by atoms with E-state index >= 15 is 0 Å². The minimum atomic E-state index is -1.09. The van der Waals surface area contributed by atoms with Crippen LogP contribution in [0.1, 0.15) is 29.6 Å². The number of aliphatic carboxylic acids is 1. The zero-order valence-electron chi connectivity index (χ0n) is 14.6. The molecule has 1 saturated carbocycles. The van der Waals surface area contributed by atoms with Crippen molar-refractivity contribution < 1.29 is 24.2 Å². The van der Waals surface area contributed by atoms with Gasteiger partial charge in [-0.25, -0.2) is 4.79 Å². The molecule has 6 nitrogen and oxygen atoms in total. The highest BCUT2D eigenvalue weighted by Gasteiger charge is 2.19. The Morgan fingerprint density at radius 2 is 1.96 bits per heavy atom. The van der Waals surface area contributed by atoms with Crippen LogP contribution in [0.2, 0.25) is 5.02 Å². The van der Waals surface area contributed by atoms with Gasteiger partial charge in [-0.1, -0.05) is 24.1 Å². The number of anilines is 1. The second-order valence-corrected chi connectivity index (χ2v) is 6.85. The van der Waals surface area contributed by atoms with E-state index in [1.165, 1.54) is 25.3 Å². The number of carboxylic acid groups (broad SMARTS) is 1. The fraction of sp³-hybridized carbons (Fsp3) is 0.300. The Hall–Kier alpha value is -2.73. The standard InChI is InChI=1S/C20H20ClNO5/c21-15-7-8-18(27-11-13-3-1-4-13)17(10-15)22-20(25)14-5-2-6-16(9-14)26-12-19(23)24/h2,5-10,13H,1,3-4,11-12H2,(H,22,25)(H,23,24). The highest BCUT2D eigenvalue weighted by atomic mass is 35.5. The third-order valence-electron chi connectivity index (χ3n) is 4.35. The van der Waals surface area contributed by atoms with E-state index in [-0.39, 0.29) is 5.91 Å². The lowest BCUT2D eigenvalue weighted by molar-refractivity contribution is -0.139. The molecule has 0 bridgehead atoms. The van der Waals surface area contributed by atoms with E-state index < -0.39 is 12.6 Å².